The first-order valence-electron chi connectivity index (χ1n) is 8.92. The smallest absolute Gasteiger partial charge is 0.308 e. The van der Waals surface area contributed by atoms with Crippen molar-refractivity contribution < 1.29 is 19.4 Å². The Morgan fingerprint density at radius 2 is 2.08 bits per heavy atom. The van der Waals surface area contributed by atoms with Crippen molar-refractivity contribution in [3.05, 3.63) is 23.8 Å². The summed E-state index contributed by atoms with van der Waals surface area (Å²) in [4.78, 5) is 13.6. The van der Waals surface area contributed by atoms with E-state index in [1.165, 1.54) is 0 Å². The van der Waals surface area contributed by atoms with E-state index in [0.29, 0.717) is 13.2 Å². The fourth-order valence-corrected chi connectivity index (χ4v) is 3.25. The minimum absolute atomic E-state index is 0.0443. The molecule has 5 heteroatoms. The number of nitrogens with zero attached hydrogens (tertiary/aromatic N) is 1. The first kappa shape index (κ1) is 18.6. The van der Waals surface area contributed by atoms with Crippen molar-refractivity contribution in [1.29, 1.82) is 0 Å². The van der Waals surface area contributed by atoms with E-state index in [9.17, 15) is 9.90 Å². The highest BCUT2D eigenvalue weighted by molar-refractivity contribution is 5.71. The first-order chi connectivity index (χ1) is 11.6. The topological polar surface area (TPSA) is 59.0 Å². The number of carboxylic acid groups (broad SMARTS) is 1. The predicted molar refractivity (Wildman–Crippen MR) is 93.6 cm³/mol. The number of carboxylic acids is 1. The zero-order valence-corrected chi connectivity index (χ0v) is 15.0. The number of aliphatic carboxylic acids is 1. The molecule has 24 heavy (non-hydrogen) atoms. The molecule has 0 radical (unpaired) electrons. The van der Waals surface area contributed by atoms with Gasteiger partial charge in [-0.15, -0.1) is 0 Å². The van der Waals surface area contributed by atoms with Crippen LogP contribution in [0.5, 0.6) is 11.5 Å². The summed E-state index contributed by atoms with van der Waals surface area (Å²) >= 11 is 0. The molecule has 0 saturated carbocycles. The number of piperidine rings is 1. The van der Waals surface area contributed by atoms with Gasteiger partial charge in [-0.05, 0) is 57.4 Å². The monoisotopic (exact) mass is 335 g/mol. The molecule has 1 N–H and O–H groups in total. The minimum Gasteiger partial charge on any atom is -0.490 e. The highest BCUT2D eigenvalue weighted by Gasteiger charge is 2.32. The molecule has 0 aliphatic carbocycles. The maximum absolute atomic E-state index is 11.4. The predicted octanol–water partition coefficient (Wildman–Crippen LogP) is 3.56. The lowest BCUT2D eigenvalue weighted by atomic mass is 9.90. The summed E-state index contributed by atoms with van der Waals surface area (Å²) in [5.41, 5.74) is 1.13. The molecule has 1 fully saturated rings. The van der Waals surface area contributed by atoms with Crippen molar-refractivity contribution in [2.45, 2.75) is 52.6 Å². The van der Waals surface area contributed by atoms with Gasteiger partial charge in [-0.25, -0.2) is 0 Å². The van der Waals surface area contributed by atoms with Crippen molar-refractivity contribution in [1.82, 2.24) is 4.90 Å². The molecule has 0 amide bonds. The van der Waals surface area contributed by atoms with E-state index in [1.54, 1.807) is 0 Å². The molecule has 1 heterocycles. The summed E-state index contributed by atoms with van der Waals surface area (Å²) in [7, 11) is 0. The maximum atomic E-state index is 11.4. The third-order valence-corrected chi connectivity index (χ3v) is 4.59. The molecule has 0 spiro atoms. The summed E-state index contributed by atoms with van der Waals surface area (Å²) in [5, 5.41) is 9.36. The number of likely N-dealkylation sites (tertiary alicyclic amines) is 1. The molecule has 134 valence electrons. The second kappa shape index (κ2) is 8.92. The Bertz CT molecular complexity index is 546. The number of rotatable bonds is 8. The Balaban J connectivity index is 2.11. The molecule has 2 atom stereocenters. The normalized spacial score (nSPS) is 21.5. The van der Waals surface area contributed by atoms with E-state index in [1.807, 2.05) is 32.0 Å². The summed E-state index contributed by atoms with van der Waals surface area (Å²) in [6, 6.07) is 6.07. The van der Waals surface area contributed by atoms with Crippen LogP contribution >= 0.6 is 0 Å². The Kier molecular flexibility index (Phi) is 6.91. The highest BCUT2D eigenvalue weighted by atomic mass is 16.5. The van der Waals surface area contributed by atoms with Crippen LogP contribution in [0.3, 0.4) is 0 Å². The van der Waals surface area contributed by atoms with Crippen LogP contribution < -0.4 is 9.47 Å². The van der Waals surface area contributed by atoms with Crippen LogP contribution in [0.15, 0.2) is 18.2 Å². The minimum atomic E-state index is -0.689. The lowest BCUT2D eigenvalue weighted by molar-refractivity contribution is -0.145. The molecule has 0 bridgehead atoms. The summed E-state index contributed by atoms with van der Waals surface area (Å²) in [6.07, 6.45) is 2.65. The molecule has 1 aromatic rings. The van der Waals surface area contributed by atoms with Gasteiger partial charge >= 0.3 is 5.97 Å². The molecule has 1 saturated heterocycles. The standard InChI is InChI=1S/C19H29NO4/c1-4-11-24-17-9-8-15(12-18(17)23-5-2)13-20-10-6-7-16(14(20)3)19(21)22/h8-9,12,14,16H,4-7,10-11,13H2,1-3H3,(H,21,22)/t14-,16-/m0/s1. The molecule has 1 aliphatic heterocycles. The average Bonchev–Trinajstić information content (AvgIpc) is 2.56. The van der Waals surface area contributed by atoms with Gasteiger partial charge < -0.3 is 14.6 Å². The van der Waals surface area contributed by atoms with E-state index in [0.717, 1.165) is 49.4 Å². The fourth-order valence-electron chi connectivity index (χ4n) is 3.25. The van der Waals surface area contributed by atoms with Gasteiger partial charge in [0.2, 0.25) is 0 Å². The number of hydrogen-bond donors (Lipinski definition) is 1. The SMILES string of the molecule is CCCOc1ccc(CN2CCC[C@H](C(=O)O)[C@@H]2C)cc1OCC. The van der Waals surface area contributed by atoms with E-state index in [-0.39, 0.29) is 12.0 Å². The van der Waals surface area contributed by atoms with E-state index >= 15 is 0 Å². The lowest BCUT2D eigenvalue weighted by Crippen LogP contribution is -2.45. The van der Waals surface area contributed by atoms with E-state index in [4.69, 9.17) is 9.47 Å². The van der Waals surface area contributed by atoms with Crippen molar-refractivity contribution in [2.75, 3.05) is 19.8 Å². The number of benzene rings is 1. The van der Waals surface area contributed by atoms with Crippen LogP contribution in [0.1, 0.15) is 45.6 Å². The molecule has 0 unspecified atom stereocenters. The first-order valence-corrected chi connectivity index (χ1v) is 8.92. The molecular formula is C19H29NO4. The largest absolute Gasteiger partial charge is 0.490 e. The third-order valence-electron chi connectivity index (χ3n) is 4.59. The van der Waals surface area contributed by atoms with Gasteiger partial charge in [-0.1, -0.05) is 13.0 Å². The van der Waals surface area contributed by atoms with Crippen LogP contribution in [-0.4, -0.2) is 41.8 Å². The Morgan fingerprint density at radius 1 is 1.29 bits per heavy atom. The zero-order valence-electron chi connectivity index (χ0n) is 15.0. The molecule has 1 aliphatic rings. The molecule has 2 rings (SSSR count). The second-order valence-electron chi connectivity index (χ2n) is 6.36. The Morgan fingerprint density at radius 3 is 2.75 bits per heavy atom. The number of hydrogen-bond acceptors (Lipinski definition) is 4. The van der Waals surface area contributed by atoms with Crippen LogP contribution in [0.25, 0.3) is 0 Å². The quantitative estimate of drug-likeness (QED) is 0.787. The Hall–Kier alpha value is -1.75. The molecular weight excluding hydrogens is 306 g/mol. The van der Waals surface area contributed by atoms with Gasteiger partial charge in [0.05, 0.1) is 19.1 Å². The Labute approximate surface area is 144 Å². The van der Waals surface area contributed by atoms with Gasteiger partial charge in [0, 0.05) is 12.6 Å². The van der Waals surface area contributed by atoms with Gasteiger partial charge in [0.25, 0.3) is 0 Å². The molecule has 0 aromatic heterocycles. The van der Waals surface area contributed by atoms with Crippen molar-refractivity contribution in [3.63, 3.8) is 0 Å². The van der Waals surface area contributed by atoms with E-state index < -0.39 is 5.97 Å². The fraction of sp³-hybridized carbons (Fsp3) is 0.632. The summed E-state index contributed by atoms with van der Waals surface area (Å²) in [6.45, 7) is 8.98. The van der Waals surface area contributed by atoms with Crippen molar-refractivity contribution >= 4 is 5.97 Å². The summed E-state index contributed by atoms with van der Waals surface area (Å²) < 4.78 is 11.4. The van der Waals surface area contributed by atoms with Crippen molar-refractivity contribution in [2.24, 2.45) is 5.92 Å². The zero-order chi connectivity index (χ0) is 17.5. The number of ether oxygens (including phenoxy) is 2. The van der Waals surface area contributed by atoms with Crippen LogP contribution in [0.2, 0.25) is 0 Å². The average molecular weight is 335 g/mol. The van der Waals surface area contributed by atoms with Gasteiger partial charge in [-0.3, -0.25) is 9.69 Å². The van der Waals surface area contributed by atoms with E-state index in [2.05, 4.69) is 11.8 Å². The van der Waals surface area contributed by atoms with Gasteiger partial charge in [-0.2, -0.15) is 0 Å². The number of carbonyl (C=O) groups is 1. The van der Waals surface area contributed by atoms with Crippen LogP contribution in [-0.2, 0) is 11.3 Å². The lowest BCUT2D eigenvalue weighted by Gasteiger charge is -2.37. The summed E-state index contributed by atoms with van der Waals surface area (Å²) in [5.74, 6) is 0.572. The van der Waals surface area contributed by atoms with Crippen LogP contribution in [0.4, 0.5) is 0 Å². The third kappa shape index (κ3) is 4.63. The van der Waals surface area contributed by atoms with Crippen molar-refractivity contribution in [3.8, 4) is 11.5 Å². The van der Waals surface area contributed by atoms with Gasteiger partial charge in [0.1, 0.15) is 0 Å². The van der Waals surface area contributed by atoms with Crippen LogP contribution in [0, 0.1) is 5.92 Å². The molecule has 5 nitrogen and oxygen atoms in total. The molecule has 1 aromatic carbocycles. The second-order valence-corrected chi connectivity index (χ2v) is 6.36. The maximum Gasteiger partial charge on any atom is 0.308 e. The highest BCUT2D eigenvalue weighted by Crippen LogP contribution is 2.31. The van der Waals surface area contributed by atoms with Gasteiger partial charge in [0.15, 0.2) is 11.5 Å².